The number of hydrogen-bond donors (Lipinski definition) is 0. The van der Waals surface area contributed by atoms with Gasteiger partial charge in [-0.1, -0.05) is 115 Å². The molecule has 0 saturated carbocycles. The van der Waals surface area contributed by atoms with Gasteiger partial charge in [0.25, 0.3) is 0 Å². The number of aromatic nitrogens is 2. The maximum Gasteiger partial charge on any atom is 0.0555 e. The number of nitrogens with zero attached hydrogens (tertiary/aromatic N) is 2. The first-order chi connectivity index (χ1) is 25.3. The van der Waals surface area contributed by atoms with E-state index in [-0.39, 0.29) is 0 Å². The fraction of sp³-hybridized carbons (Fsp3) is 0. The Labute approximate surface area is 296 Å². The molecular weight excluding hydrogens is 637 g/mol. The van der Waals surface area contributed by atoms with Crippen LogP contribution in [-0.2, 0) is 0 Å². The van der Waals surface area contributed by atoms with Crippen LogP contribution in [0.15, 0.2) is 170 Å². The van der Waals surface area contributed by atoms with Gasteiger partial charge in [-0.15, -0.1) is 11.3 Å². The Hall–Kier alpha value is -6.42. The van der Waals surface area contributed by atoms with Crippen LogP contribution in [0.2, 0.25) is 0 Å². The Morgan fingerprint density at radius 2 is 0.725 bits per heavy atom. The molecule has 12 rings (SSSR count). The minimum atomic E-state index is 1.18. The standard InChI is InChI=1S/C48H28N2S/c1-2-13-33-31(11-1)32-12-3-4-14-34(32)40-27-29(21-23-35(33)40)50-44-20-10-7-17-39(44)47-45(50)25-24-38-41-28-30(22-26-46(41)51-48(38)47)49-42-18-8-5-15-36(42)37-16-6-9-19-43(37)49/h1-28H. The molecule has 0 N–H and O–H groups in total. The first kappa shape index (κ1) is 27.4. The lowest BCUT2D eigenvalue weighted by Crippen LogP contribution is -1.94. The summed E-state index contributed by atoms with van der Waals surface area (Å²) in [4.78, 5) is 0. The van der Waals surface area contributed by atoms with Crippen molar-refractivity contribution in [1.82, 2.24) is 9.13 Å². The normalized spacial score (nSPS) is 12.3. The number of hydrogen-bond acceptors (Lipinski definition) is 1. The van der Waals surface area contributed by atoms with Crippen molar-refractivity contribution in [3.05, 3.63) is 170 Å². The molecule has 0 bridgehead atoms. The van der Waals surface area contributed by atoms with Crippen molar-refractivity contribution in [2.45, 2.75) is 0 Å². The van der Waals surface area contributed by atoms with E-state index in [9.17, 15) is 0 Å². The molecule has 0 spiro atoms. The molecule has 0 unspecified atom stereocenters. The monoisotopic (exact) mass is 664 g/mol. The van der Waals surface area contributed by atoms with E-state index in [1.807, 2.05) is 11.3 Å². The Kier molecular flexibility index (Phi) is 5.41. The average molecular weight is 665 g/mol. The van der Waals surface area contributed by atoms with Gasteiger partial charge in [0.05, 0.1) is 22.1 Å². The zero-order chi connectivity index (χ0) is 33.2. The van der Waals surface area contributed by atoms with E-state index in [1.165, 1.54) is 107 Å². The van der Waals surface area contributed by atoms with Crippen LogP contribution >= 0.6 is 11.3 Å². The largest absolute Gasteiger partial charge is 0.309 e. The summed E-state index contributed by atoms with van der Waals surface area (Å²) in [5, 5.41) is 15.6. The van der Waals surface area contributed by atoms with E-state index in [1.54, 1.807) is 0 Å². The molecule has 0 atom stereocenters. The summed E-state index contributed by atoms with van der Waals surface area (Å²) in [6.07, 6.45) is 0. The van der Waals surface area contributed by atoms with Crippen molar-refractivity contribution >= 4 is 107 Å². The minimum Gasteiger partial charge on any atom is -0.309 e. The van der Waals surface area contributed by atoms with Crippen LogP contribution in [0.1, 0.15) is 0 Å². The van der Waals surface area contributed by atoms with Gasteiger partial charge in [0.1, 0.15) is 0 Å². The van der Waals surface area contributed by atoms with Crippen LogP contribution in [0, 0.1) is 0 Å². The molecular formula is C48H28N2S. The van der Waals surface area contributed by atoms with Gasteiger partial charge >= 0.3 is 0 Å². The summed E-state index contributed by atoms with van der Waals surface area (Å²) < 4.78 is 7.54. The van der Waals surface area contributed by atoms with Gasteiger partial charge in [0, 0.05) is 53.1 Å². The number of para-hydroxylation sites is 3. The maximum absolute atomic E-state index is 2.47. The molecule has 12 aromatic rings. The summed E-state index contributed by atoms with van der Waals surface area (Å²) in [5.41, 5.74) is 7.31. The van der Waals surface area contributed by atoms with Gasteiger partial charge in [-0.25, -0.2) is 0 Å². The van der Waals surface area contributed by atoms with Gasteiger partial charge in [-0.05, 0) is 86.9 Å². The Morgan fingerprint density at radius 1 is 0.294 bits per heavy atom. The van der Waals surface area contributed by atoms with Gasteiger partial charge in [0.2, 0.25) is 0 Å². The van der Waals surface area contributed by atoms with Crippen molar-refractivity contribution in [1.29, 1.82) is 0 Å². The first-order valence-corrected chi connectivity index (χ1v) is 18.3. The predicted octanol–water partition coefficient (Wildman–Crippen LogP) is 13.7. The molecule has 0 amide bonds. The summed E-state index contributed by atoms with van der Waals surface area (Å²) in [6, 6.07) is 62.8. The molecule has 236 valence electrons. The average Bonchev–Trinajstić information content (AvgIpc) is 3.85. The van der Waals surface area contributed by atoms with Crippen molar-refractivity contribution in [2.24, 2.45) is 0 Å². The van der Waals surface area contributed by atoms with E-state index in [4.69, 9.17) is 0 Å². The first-order valence-electron chi connectivity index (χ1n) is 17.5. The number of benzene rings is 9. The highest BCUT2D eigenvalue weighted by molar-refractivity contribution is 7.26. The molecule has 2 nitrogen and oxygen atoms in total. The summed E-state index contributed by atoms with van der Waals surface area (Å²) >= 11 is 1.91. The maximum atomic E-state index is 2.47. The molecule has 0 fully saturated rings. The van der Waals surface area contributed by atoms with Crippen molar-refractivity contribution in [3.8, 4) is 11.4 Å². The third kappa shape index (κ3) is 3.65. The predicted molar refractivity (Wildman–Crippen MR) is 221 cm³/mol. The van der Waals surface area contributed by atoms with E-state index >= 15 is 0 Å². The smallest absolute Gasteiger partial charge is 0.0555 e. The summed E-state index contributed by atoms with van der Waals surface area (Å²) in [5.74, 6) is 0. The van der Waals surface area contributed by atoms with Crippen molar-refractivity contribution < 1.29 is 0 Å². The molecule has 0 saturated heterocycles. The number of thiophene rings is 1. The van der Waals surface area contributed by atoms with Gasteiger partial charge in [0.15, 0.2) is 0 Å². The second-order valence-corrected chi connectivity index (χ2v) is 14.7. The quantitative estimate of drug-likeness (QED) is 0.163. The van der Waals surface area contributed by atoms with Crippen LogP contribution in [0.3, 0.4) is 0 Å². The molecule has 3 heteroatoms. The highest BCUT2D eigenvalue weighted by Crippen LogP contribution is 2.45. The Bertz CT molecular complexity index is 3340. The molecule has 51 heavy (non-hydrogen) atoms. The topological polar surface area (TPSA) is 9.86 Å². The van der Waals surface area contributed by atoms with Crippen LogP contribution in [-0.4, -0.2) is 9.13 Å². The van der Waals surface area contributed by atoms with E-state index in [0.29, 0.717) is 0 Å². The van der Waals surface area contributed by atoms with Crippen molar-refractivity contribution in [3.63, 3.8) is 0 Å². The summed E-state index contributed by atoms with van der Waals surface area (Å²) in [7, 11) is 0. The van der Waals surface area contributed by atoms with E-state index < -0.39 is 0 Å². The molecule has 3 aromatic heterocycles. The minimum absolute atomic E-state index is 1.18. The van der Waals surface area contributed by atoms with Gasteiger partial charge in [-0.3, -0.25) is 0 Å². The molecule has 9 aromatic carbocycles. The van der Waals surface area contributed by atoms with E-state index in [0.717, 1.165) is 0 Å². The van der Waals surface area contributed by atoms with Crippen LogP contribution in [0.25, 0.3) is 107 Å². The van der Waals surface area contributed by atoms with Crippen LogP contribution in [0.4, 0.5) is 0 Å². The Balaban J connectivity index is 1.13. The molecule has 3 heterocycles. The van der Waals surface area contributed by atoms with Crippen LogP contribution in [0.5, 0.6) is 0 Å². The van der Waals surface area contributed by atoms with Gasteiger partial charge in [-0.2, -0.15) is 0 Å². The van der Waals surface area contributed by atoms with Gasteiger partial charge < -0.3 is 9.13 Å². The molecule has 0 aliphatic carbocycles. The second kappa shape index (κ2) is 10.1. The Morgan fingerprint density at radius 3 is 1.35 bits per heavy atom. The summed E-state index contributed by atoms with van der Waals surface area (Å²) in [6.45, 7) is 0. The molecule has 0 aliphatic rings. The lowest BCUT2D eigenvalue weighted by molar-refractivity contribution is 1.19. The SMILES string of the molecule is c1ccc2c(c1)c1ccccc1c1cc(-n3c4ccccc4c4c5sc6ccc(-n7c8ccccc8c8ccccc87)cc6c5ccc43)ccc21. The second-order valence-electron chi connectivity index (χ2n) is 13.7. The van der Waals surface area contributed by atoms with Crippen molar-refractivity contribution in [2.75, 3.05) is 0 Å². The van der Waals surface area contributed by atoms with Crippen LogP contribution < -0.4 is 0 Å². The highest BCUT2D eigenvalue weighted by Gasteiger charge is 2.19. The van der Waals surface area contributed by atoms with E-state index in [2.05, 4.69) is 179 Å². The molecule has 0 aliphatic heterocycles. The number of rotatable bonds is 2. The number of fused-ring (bicyclic) bond motifs is 16. The third-order valence-electron chi connectivity index (χ3n) is 11.1. The fourth-order valence-corrected chi connectivity index (χ4v) is 10.2. The molecule has 0 radical (unpaired) electrons. The third-order valence-corrected chi connectivity index (χ3v) is 12.3. The zero-order valence-electron chi connectivity index (χ0n) is 27.5. The lowest BCUT2D eigenvalue weighted by Gasteiger charge is -2.13. The fourth-order valence-electron chi connectivity index (χ4n) is 8.93. The zero-order valence-corrected chi connectivity index (χ0v) is 28.3. The lowest BCUT2D eigenvalue weighted by atomic mass is 9.94. The highest BCUT2D eigenvalue weighted by atomic mass is 32.1.